The molecule has 6 nitrogen and oxygen atoms in total. The first-order valence-electron chi connectivity index (χ1n) is 8.50. The van der Waals surface area contributed by atoms with Crippen LogP contribution in [0.5, 0.6) is 11.5 Å². The monoisotopic (exact) mass is 409 g/mol. The molecule has 0 bridgehead atoms. The largest absolute Gasteiger partial charge is 0.495 e. The molecular weight excluding hydrogens is 389 g/mol. The summed E-state index contributed by atoms with van der Waals surface area (Å²) in [5.74, 6) is 0.949. The van der Waals surface area contributed by atoms with Crippen LogP contribution < -0.4 is 19.7 Å². The number of nitrogens with one attached hydrogen (secondary N) is 1. The predicted octanol–water partition coefficient (Wildman–Crippen LogP) is 4.36. The number of hydrogen-bond donors (Lipinski definition) is 1. The van der Waals surface area contributed by atoms with Crippen LogP contribution in [0.1, 0.15) is 0 Å². The van der Waals surface area contributed by atoms with Gasteiger partial charge in [0.1, 0.15) is 11.5 Å². The van der Waals surface area contributed by atoms with Crippen molar-refractivity contribution in [2.75, 3.05) is 50.6 Å². The van der Waals surface area contributed by atoms with Crippen LogP contribution in [-0.2, 0) is 0 Å². The second kappa shape index (κ2) is 8.59. The van der Waals surface area contributed by atoms with Crippen molar-refractivity contribution < 1.29 is 14.3 Å². The maximum atomic E-state index is 12.7. The average molecular weight is 410 g/mol. The lowest BCUT2D eigenvalue weighted by molar-refractivity contribution is 0.208. The molecule has 144 valence electrons. The van der Waals surface area contributed by atoms with E-state index in [4.69, 9.17) is 32.7 Å². The number of benzene rings is 2. The van der Waals surface area contributed by atoms with Gasteiger partial charge in [0.25, 0.3) is 0 Å². The van der Waals surface area contributed by atoms with E-state index in [1.165, 1.54) is 14.2 Å². The number of ether oxygens (including phenoxy) is 2. The van der Waals surface area contributed by atoms with E-state index in [1.54, 1.807) is 17.0 Å². The Balaban J connectivity index is 1.65. The van der Waals surface area contributed by atoms with Crippen molar-refractivity contribution in [1.82, 2.24) is 4.90 Å². The second-order valence-electron chi connectivity index (χ2n) is 6.07. The molecule has 0 aliphatic carbocycles. The minimum Gasteiger partial charge on any atom is -0.495 e. The van der Waals surface area contributed by atoms with Gasteiger partial charge in [-0.1, -0.05) is 29.3 Å². The average Bonchev–Trinajstić information content (AvgIpc) is 2.69. The van der Waals surface area contributed by atoms with Crippen molar-refractivity contribution in [3.05, 3.63) is 46.4 Å². The Morgan fingerprint density at radius 1 is 1.00 bits per heavy atom. The third-order valence-corrected chi connectivity index (χ3v) is 4.99. The minimum atomic E-state index is -0.191. The van der Waals surface area contributed by atoms with Gasteiger partial charge in [-0.05, 0) is 18.2 Å². The van der Waals surface area contributed by atoms with Crippen LogP contribution in [0.15, 0.2) is 36.4 Å². The molecule has 0 aromatic heterocycles. The van der Waals surface area contributed by atoms with E-state index in [0.29, 0.717) is 40.3 Å². The zero-order valence-electron chi connectivity index (χ0n) is 15.2. The molecule has 1 N–H and O–H groups in total. The number of rotatable bonds is 4. The lowest BCUT2D eigenvalue weighted by Crippen LogP contribution is -2.50. The highest BCUT2D eigenvalue weighted by molar-refractivity contribution is 6.32. The number of anilines is 2. The van der Waals surface area contributed by atoms with Crippen molar-refractivity contribution in [2.45, 2.75) is 0 Å². The predicted molar refractivity (Wildman–Crippen MR) is 109 cm³/mol. The van der Waals surface area contributed by atoms with E-state index >= 15 is 0 Å². The van der Waals surface area contributed by atoms with Crippen LogP contribution >= 0.6 is 23.2 Å². The molecule has 1 fully saturated rings. The number of piperazine rings is 1. The molecule has 1 saturated heterocycles. The summed E-state index contributed by atoms with van der Waals surface area (Å²) < 4.78 is 10.5. The Bertz CT molecular complexity index is 824. The summed E-state index contributed by atoms with van der Waals surface area (Å²) in [6.45, 7) is 2.67. The van der Waals surface area contributed by atoms with Gasteiger partial charge >= 0.3 is 6.03 Å². The zero-order valence-corrected chi connectivity index (χ0v) is 16.7. The molecule has 0 saturated carbocycles. The standard InChI is InChI=1S/C19H21Cl2N3O3/c1-26-17-12-16(18(27-2)11-15(17)21)22-19(25)24-8-6-23(7-9-24)14-5-3-4-13(20)10-14/h3-5,10-12H,6-9H2,1-2H3,(H,22,25). The Morgan fingerprint density at radius 3 is 2.33 bits per heavy atom. The summed E-state index contributed by atoms with van der Waals surface area (Å²) >= 11 is 12.2. The van der Waals surface area contributed by atoms with Crippen molar-refractivity contribution in [3.63, 3.8) is 0 Å². The molecule has 0 unspecified atom stereocenters. The van der Waals surface area contributed by atoms with E-state index < -0.39 is 0 Å². The van der Waals surface area contributed by atoms with Crippen LogP contribution in [0.2, 0.25) is 10.0 Å². The molecule has 2 aromatic carbocycles. The second-order valence-corrected chi connectivity index (χ2v) is 6.91. The van der Waals surface area contributed by atoms with Crippen LogP contribution in [0, 0.1) is 0 Å². The highest BCUT2D eigenvalue weighted by Crippen LogP contribution is 2.36. The first kappa shape index (κ1) is 19.5. The fraction of sp³-hybridized carbons (Fsp3) is 0.316. The third-order valence-electron chi connectivity index (χ3n) is 4.46. The lowest BCUT2D eigenvalue weighted by atomic mass is 10.2. The van der Waals surface area contributed by atoms with E-state index in [2.05, 4.69) is 10.2 Å². The van der Waals surface area contributed by atoms with E-state index in [1.807, 2.05) is 24.3 Å². The molecule has 2 amide bonds. The summed E-state index contributed by atoms with van der Waals surface area (Å²) in [6, 6.07) is 10.8. The van der Waals surface area contributed by atoms with Crippen LogP contribution in [0.3, 0.4) is 0 Å². The van der Waals surface area contributed by atoms with E-state index in [9.17, 15) is 4.79 Å². The number of methoxy groups -OCH3 is 2. The molecular formula is C19H21Cl2N3O3. The molecule has 1 heterocycles. The third kappa shape index (κ3) is 4.51. The number of amides is 2. The maximum Gasteiger partial charge on any atom is 0.322 e. The number of nitrogens with zero attached hydrogens (tertiary/aromatic N) is 2. The zero-order chi connectivity index (χ0) is 19.4. The SMILES string of the molecule is COc1cc(NC(=O)N2CCN(c3cccc(Cl)c3)CC2)c(OC)cc1Cl. The smallest absolute Gasteiger partial charge is 0.322 e. The molecule has 1 aliphatic heterocycles. The summed E-state index contributed by atoms with van der Waals surface area (Å²) in [5.41, 5.74) is 1.58. The number of carbonyl (C=O) groups excluding carboxylic acids is 1. The maximum absolute atomic E-state index is 12.7. The molecule has 1 aliphatic rings. The van der Waals surface area contributed by atoms with Gasteiger partial charge in [-0.25, -0.2) is 4.79 Å². The van der Waals surface area contributed by atoms with Crippen LogP contribution in [0.4, 0.5) is 16.2 Å². The van der Waals surface area contributed by atoms with Gasteiger partial charge in [0.2, 0.25) is 0 Å². The van der Waals surface area contributed by atoms with E-state index in [0.717, 1.165) is 18.8 Å². The van der Waals surface area contributed by atoms with E-state index in [-0.39, 0.29) is 6.03 Å². The summed E-state index contributed by atoms with van der Waals surface area (Å²) in [4.78, 5) is 16.6. The van der Waals surface area contributed by atoms with Gasteiger partial charge in [0.05, 0.1) is 24.9 Å². The fourth-order valence-electron chi connectivity index (χ4n) is 2.99. The molecule has 0 spiro atoms. The summed E-state index contributed by atoms with van der Waals surface area (Å²) in [5, 5.41) is 4.00. The van der Waals surface area contributed by atoms with Gasteiger partial charge in [-0.15, -0.1) is 0 Å². The van der Waals surface area contributed by atoms with Crippen LogP contribution in [0.25, 0.3) is 0 Å². The summed E-state index contributed by atoms with van der Waals surface area (Å²) in [6.07, 6.45) is 0. The number of urea groups is 1. The van der Waals surface area contributed by atoms with Gasteiger partial charge in [0, 0.05) is 49.0 Å². The molecule has 0 radical (unpaired) electrons. The van der Waals surface area contributed by atoms with Crippen molar-refractivity contribution in [1.29, 1.82) is 0 Å². The van der Waals surface area contributed by atoms with Crippen LogP contribution in [-0.4, -0.2) is 51.3 Å². The fourth-order valence-corrected chi connectivity index (χ4v) is 3.41. The minimum absolute atomic E-state index is 0.191. The van der Waals surface area contributed by atoms with Gasteiger partial charge in [-0.2, -0.15) is 0 Å². The van der Waals surface area contributed by atoms with Crippen molar-refractivity contribution >= 4 is 40.6 Å². The molecule has 3 rings (SSSR count). The topological polar surface area (TPSA) is 54.0 Å². The Kier molecular flexibility index (Phi) is 6.19. The lowest BCUT2D eigenvalue weighted by Gasteiger charge is -2.36. The van der Waals surface area contributed by atoms with Crippen molar-refractivity contribution in [3.8, 4) is 11.5 Å². The van der Waals surface area contributed by atoms with Gasteiger partial charge in [0.15, 0.2) is 0 Å². The van der Waals surface area contributed by atoms with Gasteiger partial charge in [-0.3, -0.25) is 0 Å². The summed E-state index contributed by atoms with van der Waals surface area (Å²) in [7, 11) is 3.05. The molecule has 0 atom stereocenters. The highest BCUT2D eigenvalue weighted by Gasteiger charge is 2.23. The highest BCUT2D eigenvalue weighted by atomic mass is 35.5. The Hall–Kier alpha value is -2.31. The van der Waals surface area contributed by atoms with Crippen molar-refractivity contribution in [2.24, 2.45) is 0 Å². The Labute approximate surface area is 168 Å². The molecule has 2 aromatic rings. The normalized spacial score (nSPS) is 14.1. The number of halogens is 2. The Morgan fingerprint density at radius 2 is 1.70 bits per heavy atom. The number of carbonyl (C=O) groups is 1. The molecule has 27 heavy (non-hydrogen) atoms. The first-order valence-corrected chi connectivity index (χ1v) is 9.25. The molecule has 8 heteroatoms. The number of hydrogen-bond acceptors (Lipinski definition) is 4. The first-order chi connectivity index (χ1) is 13.0. The quantitative estimate of drug-likeness (QED) is 0.814. The van der Waals surface area contributed by atoms with Gasteiger partial charge < -0.3 is 24.6 Å².